The van der Waals surface area contributed by atoms with Gasteiger partial charge in [0.2, 0.25) is 0 Å². The Hall–Kier alpha value is -3.65. The maximum absolute atomic E-state index is 13.1. The molecule has 1 aliphatic heterocycles. The molecule has 0 bridgehead atoms. The third kappa shape index (κ3) is 4.22. The zero-order valence-corrected chi connectivity index (χ0v) is 18.1. The summed E-state index contributed by atoms with van der Waals surface area (Å²) in [6, 6.07) is 17.7. The van der Waals surface area contributed by atoms with Crippen LogP contribution >= 0.6 is 11.8 Å². The molecular formula is C24H20N2O5S. The van der Waals surface area contributed by atoms with Crippen LogP contribution in [-0.4, -0.2) is 27.6 Å². The molecule has 0 N–H and O–H groups in total. The second kappa shape index (κ2) is 9.23. The molecule has 0 atom stereocenters. The lowest BCUT2D eigenvalue weighted by molar-refractivity contribution is -0.385. The number of imide groups is 1. The average Bonchev–Trinajstić information content (AvgIpc) is 3.06. The number of para-hydroxylation sites is 1. The predicted octanol–water partition coefficient (Wildman–Crippen LogP) is 5.77. The number of thioether (sulfide) groups is 1. The standard InChI is InChI=1S/C24H20N2O5S/c1-2-13-31-21-12-11-16-7-3-5-9-18(16)19(21)14-22-23(27)25(24(28)32-22)15-17-8-4-6-10-20(17)26(29)30/h3-12,14H,2,13,15H2,1H3. The first-order chi connectivity index (χ1) is 15.5. The first kappa shape index (κ1) is 21.6. The molecule has 0 saturated carbocycles. The number of nitro benzene ring substituents is 1. The summed E-state index contributed by atoms with van der Waals surface area (Å²) in [5, 5.41) is 12.7. The number of hydrogen-bond donors (Lipinski definition) is 0. The molecule has 0 radical (unpaired) electrons. The summed E-state index contributed by atoms with van der Waals surface area (Å²) in [5.74, 6) is 0.156. The minimum Gasteiger partial charge on any atom is -0.493 e. The van der Waals surface area contributed by atoms with Crippen LogP contribution in [0.3, 0.4) is 0 Å². The van der Waals surface area contributed by atoms with Crippen molar-refractivity contribution in [3.8, 4) is 5.75 Å². The van der Waals surface area contributed by atoms with E-state index < -0.39 is 16.1 Å². The van der Waals surface area contributed by atoms with E-state index in [4.69, 9.17) is 4.74 Å². The van der Waals surface area contributed by atoms with Gasteiger partial charge in [0.05, 0.1) is 23.0 Å². The van der Waals surface area contributed by atoms with Gasteiger partial charge in [0, 0.05) is 17.2 Å². The molecule has 4 rings (SSSR count). The highest BCUT2D eigenvalue weighted by Gasteiger charge is 2.36. The molecule has 0 aliphatic carbocycles. The van der Waals surface area contributed by atoms with Crippen LogP contribution in [0.2, 0.25) is 0 Å². The molecule has 162 valence electrons. The van der Waals surface area contributed by atoms with Gasteiger partial charge >= 0.3 is 0 Å². The predicted molar refractivity (Wildman–Crippen MR) is 124 cm³/mol. The van der Waals surface area contributed by atoms with Gasteiger partial charge in [-0.05, 0) is 41.1 Å². The Morgan fingerprint density at radius 2 is 1.81 bits per heavy atom. The van der Waals surface area contributed by atoms with E-state index in [0.717, 1.165) is 39.4 Å². The zero-order valence-electron chi connectivity index (χ0n) is 17.3. The van der Waals surface area contributed by atoms with Crippen molar-refractivity contribution < 1.29 is 19.2 Å². The quantitative estimate of drug-likeness (QED) is 0.259. The molecule has 8 heteroatoms. The van der Waals surface area contributed by atoms with E-state index in [1.165, 1.54) is 6.07 Å². The lowest BCUT2D eigenvalue weighted by Crippen LogP contribution is -2.27. The molecule has 3 aromatic carbocycles. The van der Waals surface area contributed by atoms with Crippen LogP contribution < -0.4 is 4.74 Å². The molecule has 32 heavy (non-hydrogen) atoms. The van der Waals surface area contributed by atoms with E-state index in [2.05, 4.69) is 0 Å². The van der Waals surface area contributed by atoms with Crippen LogP contribution in [-0.2, 0) is 11.3 Å². The molecule has 1 heterocycles. The van der Waals surface area contributed by atoms with Gasteiger partial charge in [-0.2, -0.15) is 0 Å². The summed E-state index contributed by atoms with van der Waals surface area (Å²) >= 11 is 0.824. The SMILES string of the molecule is CCCOc1ccc2ccccc2c1C=C1SC(=O)N(Cc2ccccc2[N+](=O)[O-])C1=O. The number of carbonyl (C=O) groups is 2. The van der Waals surface area contributed by atoms with E-state index >= 15 is 0 Å². The molecule has 2 amide bonds. The molecule has 0 aromatic heterocycles. The number of fused-ring (bicyclic) bond motifs is 1. The first-order valence-corrected chi connectivity index (χ1v) is 10.9. The van der Waals surface area contributed by atoms with Gasteiger partial charge < -0.3 is 4.74 Å². The van der Waals surface area contributed by atoms with Gasteiger partial charge in [0.25, 0.3) is 16.8 Å². The second-order valence-corrected chi connectivity index (χ2v) is 8.19. The van der Waals surface area contributed by atoms with Gasteiger partial charge in [0.1, 0.15) is 5.75 Å². The average molecular weight is 449 g/mol. The highest BCUT2D eigenvalue weighted by Crippen LogP contribution is 2.38. The number of benzene rings is 3. The summed E-state index contributed by atoms with van der Waals surface area (Å²) in [4.78, 5) is 37.8. The topological polar surface area (TPSA) is 89.8 Å². The number of hydrogen-bond acceptors (Lipinski definition) is 6. The fourth-order valence-corrected chi connectivity index (χ4v) is 4.34. The Bertz CT molecular complexity index is 1250. The molecule has 1 fully saturated rings. The van der Waals surface area contributed by atoms with Crippen molar-refractivity contribution in [3.05, 3.63) is 86.8 Å². The Kier molecular flexibility index (Phi) is 6.23. The van der Waals surface area contributed by atoms with Crippen LogP contribution in [0.4, 0.5) is 10.5 Å². The van der Waals surface area contributed by atoms with Crippen molar-refractivity contribution in [1.82, 2.24) is 4.90 Å². The number of rotatable bonds is 7. The Morgan fingerprint density at radius 1 is 1.06 bits per heavy atom. The van der Waals surface area contributed by atoms with Crippen LogP contribution in [0.1, 0.15) is 24.5 Å². The highest BCUT2D eigenvalue weighted by atomic mass is 32.2. The summed E-state index contributed by atoms with van der Waals surface area (Å²) in [7, 11) is 0. The minimum absolute atomic E-state index is 0.125. The molecule has 0 unspecified atom stereocenters. The van der Waals surface area contributed by atoms with Crippen molar-refractivity contribution >= 4 is 45.4 Å². The molecule has 1 aliphatic rings. The summed E-state index contributed by atoms with van der Waals surface area (Å²) in [6.45, 7) is 2.38. The largest absolute Gasteiger partial charge is 0.493 e. The number of nitro groups is 1. The van der Waals surface area contributed by atoms with Crippen molar-refractivity contribution in [2.24, 2.45) is 0 Å². The minimum atomic E-state index is -0.516. The lowest BCUT2D eigenvalue weighted by atomic mass is 10.0. The van der Waals surface area contributed by atoms with Gasteiger partial charge in [-0.1, -0.05) is 55.5 Å². The third-order valence-electron chi connectivity index (χ3n) is 5.06. The Morgan fingerprint density at radius 3 is 2.59 bits per heavy atom. The molecule has 7 nitrogen and oxygen atoms in total. The summed E-state index contributed by atoms with van der Waals surface area (Å²) in [6.07, 6.45) is 2.51. The Balaban J connectivity index is 1.71. The molecule has 1 saturated heterocycles. The van der Waals surface area contributed by atoms with Crippen LogP contribution in [0.15, 0.2) is 65.6 Å². The fraction of sp³-hybridized carbons (Fsp3) is 0.167. The maximum atomic E-state index is 13.1. The van der Waals surface area contributed by atoms with E-state index in [1.807, 2.05) is 43.3 Å². The second-order valence-electron chi connectivity index (χ2n) is 7.20. The smallest absolute Gasteiger partial charge is 0.293 e. The van der Waals surface area contributed by atoms with Crippen LogP contribution in [0, 0.1) is 10.1 Å². The molecular weight excluding hydrogens is 428 g/mol. The van der Waals surface area contributed by atoms with Gasteiger partial charge in [-0.15, -0.1) is 0 Å². The summed E-state index contributed by atoms with van der Waals surface area (Å²) in [5.41, 5.74) is 0.908. The molecule has 0 spiro atoms. The maximum Gasteiger partial charge on any atom is 0.293 e. The van der Waals surface area contributed by atoms with Gasteiger partial charge in [0.15, 0.2) is 0 Å². The number of carbonyl (C=O) groups excluding carboxylic acids is 2. The van der Waals surface area contributed by atoms with E-state index in [-0.39, 0.29) is 17.1 Å². The number of amides is 2. The Labute approximate surface area is 188 Å². The van der Waals surface area contributed by atoms with Gasteiger partial charge in [-0.25, -0.2) is 0 Å². The third-order valence-corrected chi connectivity index (χ3v) is 5.97. The number of ether oxygens (including phenoxy) is 1. The van der Waals surface area contributed by atoms with Crippen LogP contribution in [0.25, 0.3) is 16.8 Å². The zero-order chi connectivity index (χ0) is 22.7. The highest BCUT2D eigenvalue weighted by molar-refractivity contribution is 8.18. The monoisotopic (exact) mass is 448 g/mol. The van der Waals surface area contributed by atoms with Crippen molar-refractivity contribution in [3.63, 3.8) is 0 Å². The van der Waals surface area contributed by atoms with Crippen molar-refractivity contribution in [2.45, 2.75) is 19.9 Å². The van der Waals surface area contributed by atoms with E-state index in [0.29, 0.717) is 17.9 Å². The lowest BCUT2D eigenvalue weighted by Gasteiger charge is -2.13. The van der Waals surface area contributed by atoms with Crippen molar-refractivity contribution in [2.75, 3.05) is 6.61 Å². The molecule has 3 aromatic rings. The van der Waals surface area contributed by atoms with E-state index in [1.54, 1.807) is 24.3 Å². The summed E-state index contributed by atoms with van der Waals surface area (Å²) < 4.78 is 5.89. The fourth-order valence-electron chi connectivity index (χ4n) is 3.52. The van der Waals surface area contributed by atoms with Gasteiger partial charge in [-0.3, -0.25) is 24.6 Å². The van der Waals surface area contributed by atoms with Crippen molar-refractivity contribution in [1.29, 1.82) is 0 Å². The van der Waals surface area contributed by atoms with Crippen LogP contribution in [0.5, 0.6) is 5.75 Å². The normalized spacial score (nSPS) is 15.0. The number of nitrogens with zero attached hydrogens (tertiary/aromatic N) is 2. The first-order valence-electron chi connectivity index (χ1n) is 10.1. The van der Waals surface area contributed by atoms with E-state index in [9.17, 15) is 19.7 Å².